The summed E-state index contributed by atoms with van der Waals surface area (Å²) in [5.74, 6) is 2.90. The Morgan fingerprint density at radius 2 is 1.86 bits per heavy atom. The minimum atomic E-state index is -0.336. The molecule has 0 saturated heterocycles. The SMILES string of the molecule is COc1ccc(-c2nc(CC(=O)NC(CC(C)C)c3nnc(C)o3)c(C)o2)cc1. The fourth-order valence-electron chi connectivity index (χ4n) is 2.99. The second-order valence-electron chi connectivity index (χ2n) is 7.34. The average Bonchev–Trinajstić information content (AvgIpc) is 3.27. The summed E-state index contributed by atoms with van der Waals surface area (Å²) in [5.41, 5.74) is 1.41. The molecular weight excluding hydrogens is 372 g/mol. The zero-order valence-electron chi connectivity index (χ0n) is 17.4. The summed E-state index contributed by atoms with van der Waals surface area (Å²) >= 11 is 0. The number of ether oxygens (including phenoxy) is 1. The molecule has 1 unspecified atom stereocenters. The third-order valence-corrected chi connectivity index (χ3v) is 4.44. The highest BCUT2D eigenvalue weighted by molar-refractivity contribution is 5.78. The molecule has 0 bridgehead atoms. The number of hydrogen-bond acceptors (Lipinski definition) is 7. The Labute approximate surface area is 169 Å². The van der Waals surface area contributed by atoms with Crippen LogP contribution in [0.15, 0.2) is 33.1 Å². The zero-order chi connectivity index (χ0) is 21.0. The molecule has 2 aromatic heterocycles. The fraction of sp³-hybridized carbons (Fsp3) is 0.429. The van der Waals surface area contributed by atoms with Gasteiger partial charge in [0.15, 0.2) is 0 Å². The van der Waals surface area contributed by atoms with Crippen molar-refractivity contribution in [2.75, 3.05) is 7.11 Å². The lowest BCUT2D eigenvalue weighted by Crippen LogP contribution is -2.31. The second-order valence-corrected chi connectivity index (χ2v) is 7.34. The number of benzene rings is 1. The molecule has 154 valence electrons. The van der Waals surface area contributed by atoms with E-state index < -0.39 is 0 Å². The van der Waals surface area contributed by atoms with Gasteiger partial charge in [-0.2, -0.15) is 0 Å². The van der Waals surface area contributed by atoms with E-state index in [9.17, 15) is 4.79 Å². The lowest BCUT2D eigenvalue weighted by Gasteiger charge is -2.17. The van der Waals surface area contributed by atoms with E-state index in [1.807, 2.05) is 24.3 Å². The topological polar surface area (TPSA) is 103 Å². The van der Waals surface area contributed by atoms with Crippen molar-refractivity contribution in [2.24, 2.45) is 5.92 Å². The van der Waals surface area contributed by atoms with E-state index in [0.717, 1.165) is 11.3 Å². The first kappa shape index (κ1) is 20.6. The Kier molecular flexibility index (Phi) is 6.31. The molecule has 2 heterocycles. The predicted octanol–water partition coefficient (Wildman–Crippen LogP) is 3.80. The van der Waals surface area contributed by atoms with Gasteiger partial charge < -0.3 is 18.9 Å². The van der Waals surface area contributed by atoms with Crippen LogP contribution in [0.4, 0.5) is 0 Å². The van der Waals surface area contributed by atoms with Crippen LogP contribution in [0.3, 0.4) is 0 Å². The van der Waals surface area contributed by atoms with Crippen molar-refractivity contribution < 1.29 is 18.4 Å². The van der Waals surface area contributed by atoms with Crippen molar-refractivity contribution in [3.63, 3.8) is 0 Å². The van der Waals surface area contributed by atoms with E-state index in [1.54, 1.807) is 21.0 Å². The van der Waals surface area contributed by atoms with Crippen molar-refractivity contribution in [1.29, 1.82) is 0 Å². The average molecular weight is 398 g/mol. The van der Waals surface area contributed by atoms with Crippen LogP contribution >= 0.6 is 0 Å². The Hall–Kier alpha value is -3.16. The molecule has 8 nitrogen and oxygen atoms in total. The molecule has 1 aromatic carbocycles. The van der Waals surface area contributed by atoms with E-state index >= 15 is 0 Å². The number of methoxy groups -OCH3 is 1. The van der Waals surface area contributed by atoms with E-state index in [1.165, 1.54) is 0 Å². The highest BCUT2D eigenvalue weighted by Gasteiger charge is 2.23. The van der Waals surface area contributed by atoms with Crippen LogP contribution in [0.1, 0.15) is 49.5 Å². The number of carbonyl (C=O) groups is 1. The summed E-state index contributed by atoms with van der Waals surface area (Å²) in [6.07, 6.45) is 0.801. The Morgan fingerprint density at radius 1 is 1.14 bits per heavy atom. The van der Waals surface area contributed by atoms with Crippen LogP contribution in [0, 0.1) is 19.8 Å². The van der Waals surface area contributed by atoms with Gasteiger partial charge in [-0.25, -0.2) is 4.98 Å². The first-order chi connectivity index (χ1) is 13.9. The normalized spacial score (nSPS) is 12.2. The summed E-state index contributed by atoms with van der Waals surface area (Å²) in [6, 6.07) is 7.07. The quantitative estimate of drug-likeness (QED) is 0.615. The number of hydrogen-bond donors (Lipinski definition) is 1. The molecule has 1 N–H and O–H groups in total. The molecule has 29 heavy (non-hydrogen) atoms. The van der Waals surface area contributed by atoms with Crippen molar-refractivity contribution in [3.8, 4) is 17.2 Å². The van der Waals surface area contributed by atoms with Gasteiger partial charge in [0.2, 0.25) is 23.6 Å². The number of nitrogens with zero attached hydrogens (tertiary/aromatic N) is 3. The maximum atomic E-state index is 12.7. The Bertz CT molecular complexity index is 959. The van der Waals surface area contributed by atoms with Gasteiger partial charge >= 0.3 is 0 Å². The van der Waals surface area contributed by atoms with Crippen LogP contribution in [0.2, 0.25) is 0 Å². The summed E-state index contributed by atoms with van der Waals surface area (Å²) in [4.78, 5) is 17.2. The smallest absolute Gasteiger partial charge is 0.238 e. The zero-order valence-corrected chi connectivity index (χ0v) is 17.4. The standard InChI is InChI=1S/C21H26N4O4/c1-12(2)10-18(21-25-24-14(4)29-21)22-19(26)11-17-13(3)28-20(23-17)15-6-8-16(27-5)9-7-15/h6-9,12,18H,10-11H2,1-5H3,(H,22,26). The molecule has 1 atom stereocenters. The molecule has 1 amide bonds. The number of carbonyl (C=O) groups excluding carboxylic acids is 1. The van der Waals surface area contributed by atoms with Gasteiger partial charge in [0.05, 0.1) is 19.2 Å². The minimum Gasteiger partial charge on any atom is -0.497 e. The van der Waals surface area contributed by atoms with Gasteiger partial charge in [0, 0.05) is 12.5 Å². The second kappa shape index (κ2) is 8.89. The molecule has 8 heteroatoms. The first-order valence-electron chi connectivity index (χ1n) is 9.55. The largest absolute Gasteiger partial charge is 0.497 e. The van der Waals surface area contributed by atoms with Crippen LogP contribution in [0.25, 0.3) is 11.5 Å². The van der Waals surface area contributed by atoms with Gasteiger partial charge in [0.25, 0.3) is 0 Å². The number of amides is 1. The molecule has 0 spiro atoms. The predicted molar refractivity (Wildman–Crippen MR) is 106 cm³/mol. The molecule has 0 radical (unpaired) electrons. The third kappa shape index (κ3) is 5.22. The Balaban J connectivity index is 1.71. The van der Waals surface area contributed by atoms with Gasteiger partial charge in [-0.3, -0.25) is 4.79 Å². The number of aromatic nitrogens is 3. The van der Waals surface area contributed by atoms with Crippen molar-refractivity contribution in [2.45, 2.75) is 46.6 Å². The van der Waals surface area contributed by atoms with Gasteiger partial charge in [-0.05, 0) is 43.5 Å². The summed E-state index contributed by atoms with van der Waals surface area (Å²) in [6.45, 7) is 7.68. The highest BCUT2D eigenvalue weighted by Crippen LogP contribution is 2.25. The first-order valence-corrected chi connectivity index (χ1v) is 9.55. The molecule has 0 fully saturated rings. The number of aryl methyl sites for hydroxylation is 2. The lowest BCUT2D eigenvalue weighted by atomic mass is 10.0. The molecule has 0 aliphatic heterocycles. The molecule has 0 saturated carbocycles. The molecular formula is C21H26N4O4. The minimum absolute atomic E-state index is 0.104. The molecule has 0 aliphatic rings. The fourth-order valence-corrected chi connectivity index (χ4v) is 2.99. The summed E-state index contributed by atoms with van der Waals surface area (Å²) in [5, 5.41) is 10.9. The Morgan fingerprint density at radius 3 is 2.45 bits per heavy atom. The maximum Gasteiger partial charge on any atom is 0.238 e. The monoisotopic (exact) mass is 398 g/mol. The van der Waals surface area contributed by atoms with Crippen LogP contribution in [-0.2, 0) is 11.2 Å². The van der Waals surface area contributed by atoms with E-state index in [0.29, 0.717) is 41.5 Å². The van der Waals surface area contributed by atoms with Gasteiger partial charge in [0.1, 0.15) is 17.6 Å². The van der Waals surface area contributed by atoms with E-state index in [4.69, 9.17) is 13.6 Å². The van der Waals surface area contributed by atoms with Crippen molar-refractivity contribution in [3.05, 3.63) is 47.5 Å². The third-order valence-electron chi connectivity index (χ3n) is 4.44. The van der Waals surface area contributed by atoms with Gasteiger partial charge in [-0.15, -0.1) is 10.2 Å². The number of rotatable bonds is 8. The van der Waals surface area contributed by atoms with E-state index in [-0.39, 0.29) is 18.4 Å². The van der Waals surface area contributed by atoms with Crippen LogP contribution in [-0.4, -0.2) is 28.2 Å². The molecule has 0 aliphatic carbocycles. The maximum absolute atomic E-state index is 12.7. The number of oxazole rings is 1. The summed E-state index contributed by atoms with van der Waals surface area (Å²) < 4.78 is 16.4. The summed E-state index contributed by atoms with van der Waals surface area (Å²) in [7, 11) is 1.61. The molecule has 3 aromatic rings. The molecule has 3 rings (SSSR count). The highest BCUT2D eigenvalue weighted by atomic mass is 16.5. The van der Waals surface area contributed by atoms with Crippen LogP contribution < -0.4 is 10.1 Å². The van der Waals surface area contributed by atoms with Gasteiger partial charge in [-0.1, -0.05) is 13.8 Å². The number of nitrogens with one attached hydrogen (secondary N) is 1. The van der Waals surface area contributed by atoms with E-state index in [2.05, 4.69) is 34.3 Å². The van der Waals surface area contributed by atoms with Crippen molar-refractivity contribution >= 4 is 5.91 Å². The lowest BCUT2D eigenvalue weighted by molar-refractivity contribution is -0.121. The van der Waals surface area contributed by atoms with Crippen LogP contribution in [0.5, 0.6) is 5.75 Å². The van der Waals surface area contributed by atoms with Crippen molar-refractivity contribution in [1.82, 2.24) is 20.5 Å².